The van der Waals surface area contributed by atoms with Crippen molar-refractivity contribution >= 4 is 49.8 Å². The van der Waals surface area contributed by atoms with Gasteiger partial charge < -0.3 is 14.6 Å². The molecule has 0 saturated carbocycles. The topological polar surface area (TPSA) is 106 Å². The SMILES string of the molecule is COc1ccc(NC(=O)c2cc(=O)n(C)c3ccccc23)cc1S(=O)(=O)Nc1ccccc1Cl. The third-order valence-electron chi connectivity index (χ3n) is 5.23. The zero-order valence-corrected chi connectivity index (χ0v) is 19.8. The lowest BCUT2D eigenvalue weighted by molar-refractivity contribution is 0.102. The van der Waals surface area contributed by atoms with Gasteiger partial charge in [-0.25, -0.2) is 8.42 Å². The first kappa shape index (κ1) is 23.3. The van der Waals surface area contributed by atoms with E-state index in [1.807, 2.05) is 0 Å². The van der Waals surface area contributed by atoms with E-state index >= 15 is 0 Å². The van der Waals surface area contributed by atoms with Gasteiger partial charge in [-0.05, 0) is 36.4 Å². The summed E-state index contributed by atoms with van der Waals surface area (Å²) in [6.07, 6.45) is 0. The summed E-state index contributed by atoms with van der Waals surface area (Å²) < 4.78 is 35.3. The molecule has 0 spiro atoms. The molecule has 34 heavy (non-hydrogen) atoms. The Morgan fingerprint density at radius 3 is 2.44 bits per heavy atom. The van der Waals surface area contributed by atoms with E-state index in [1.54, 1.807) is 49.5 Å². The van der Waals surface area contributed by atoms with Crippen molar-refractivity contribution in [1.29, 1.82) is 0 Å². The van der Waals surface area contributed by atoms with Crippen molar-refractivity contribution in [3.63, 3.8) is 0 Å². The molecule has 0 unspecified atom stereocenters. The Morgan fingerprint density at radius 1 is 1.00 bits per heavy atom. The van der Waals surface area contributed by atoms with E-state index in [4.69, 9.17) is 16.3 Å². The highest BCUT2D eigenvalue weighted by Crippen LogP contribution is 2.31. The fraction of sp³-hybridized carbons (Fsp3) is 0.0833. The summed E-state index contributed by atoms with van der Waals surface area (Å²) in [4.78, 5) is 25.2. The van der Waals surface area contributed by atoms with Gasteiger partial charge in [0, 0.05) is 24.2 Å². The molecule has 1 aromatic heterocycles. The summed E-state index contributed by atoms with van der Waals surface area (Å²) in [5.74, 6) is -0.474. The van der Waals surface area contributed by atoms with Crippen LogP contribution in [-0.4, -0.2) is 26.0 Å². The van der Waals surface area contributed by atoms with Crippen molar-refractivity contribution in [2.75, 3.05) is 17.1 Å². The highest BCUT2D eigenvalue weighted by molar-refractivity contribution is 7.92. The maximum atomic E-state index is 13.1. The highest BCUT2D eigenvalue weighted by Gasteiger charge is 2.22. The van der Waals surface area contributed by atoms with Crippen LogP contribution < -0.4 is 20.3 Å². The number of fused-ring (bicyclic) bond motifs is 1. The third-order valence-corrected chi connectivity index (χ3v) is 6.94. The summed E-state index contributed by atoms with van der Waals surface area (Å²) in [7, 11) is -1.15. The summed E-state index contributed by atoms with van der Waals surface area (Å²) in [5.41, 5.74) is 0.836. The molecule has 10 heteroatoms. The Balaban J connectivity index is 1.71. The lowest BCUT2D eigenvalue weighted by atomic mass is 10.1. The Hall–Kier alpha value is -3.82. The molecule has 0 bridgehead atoms. The van der Waals surface area contributed by atoms with E-state index in [2.05, 4.69) is 10.0 Å². The summed E-state index contributed by atoms with van der Waals surface area (Å²) in [5, 5.41) is 3.49. The number of aromatic nitrogens is 1. The molecule has 8 nitrogen and oxygen atoms in total. The first-order valence-electron chi connectivity index (χ1n) is 10.1. The van der Waals surface area contributed by atoms with Crippen molar-refractivity contribution in [1.82, 2.24) is 4.57 Å². The minimum atomic E-state index is -4.11. The summed E-state index contributed by atoms with van der Waals surface area (Å²) in [6.45, 7) is 0. The second-order valence-corrected chi connectivity index (χ2v) is 9.44. The fourth-order valence-corrected chi connectivity index (χ4v) is 5.02. The average Bonchev–Trinajstić information content (AvgIpc) is 2.82. The van der Waals surface area contributed by atoms with Crippen molar-refractivity contribution in [3.8, 4) is 5.75 Å². The number of carbonyl (C=O) groups is 1. The quantitative estimate of drug-likeness (QED) is 0.414. The monoisotopic (exact) mass is 497 g/mol. The van der Waals surface area contributed by atoms with Gasteiger partial charge in [0.05, 0.1) is 28.9 Å². The number of hydrogen-bond acceptors (Lipinski definition) is 5. The number of aryl methyl sites for hydroxylation is 1. The normalized spacial score (nSPS) is 11.3. The number of benzene rings is 3. The lowest BCUT2D eigenvalue weighted by Gasteiger charge is -2.15. The molecule has 0 saturated heterocycles. The molecule has 0 atom stereocenters. The summed E-state index contributed by atoms with van der Waals surface area (Å²) in [6, 6.07) is 18.9. The number of para-hydroxylation sites is 2. The number of halogens is 1. The smallest absolute Gasteiger partial charge is 0.265 e. The van der Waals surface area contributed by atoms with Crippen molar-refractivity contribution in [2.45, 2.75) is 4.90 Å². The van der Waals surface area contributed by atoms with Gasteiger partial charge in [0.1, 0.15) is 10.6 Å². The van der Waals surface area contributed by atoms with Crippen LogP contribution in [0.5, 0.6) is 5.75 Å². The molecule has 174 valence electrons. The number of carbonyl (C=O) groups excluding carboxylic acids is 1. The number of methoxy groups -OCH3 is 1. The number of ether oxygens (including phenoxy) is 1. The van der Waals surface area contributed by atoms with Crippen molar-refractivity contribution in [3.05, 3.63) is 93.7 Å². The van der Waals surface area contributed by atoms with Crippen LogP contribution in [-0.2, 0) is 17.1 Å². The van der Waals surface area contributed by atoms with Crippen LogP contribution in [0, 0.1) is 0 Å². The van der Waals surface area contributed by atoms with Gasteiger partial charge in [-0.2, -0.15) is 0 Å². The number of rotatable bonds is 6. The molecule has 2 N–H and O–H groups in total. The minimum absolute atomic E-state index is 0.0802. The highest BCUT2D eigenvalue weighted by atomic mass is 35.5. The van der Waals surface area contributed by atoms with Crippen LogP contribution in [0.2, 0.25) is 5.02 Å². The van der Waals surface area contributed by atoms with E-state index < -0.39 is 15.9 Å². The predicted molar refractivity (Wildman–Crippen MR) is 132 cm³/mol. The van der Waals surface area contributed by atoms with Crippen molar-refractivity contribution in [2.24, 2.45) is 7.05 Å². The largest absolute Gasteiger partial charge is 0.495 e. The molecule has 0 fully saturated rings. The standard InChI is InChI=1S/C24H20ClN3O5S/c1-28-20-10-6-3-7-16(20)17(14-23(28)29)24(30)26-15-11-12-21(33-2)22(13-15)34(31,32)27-19-9-5-4-8-18(19)25/h3-14,27H,1-2H3,(H,26,30). The number of sulfonamides is 1. The maximum absolute atomic E-state index is 13.1. The molecule has 0 aliphatic carbocycles. The molecule has 3 aromatic carbocycles. The Kier molecular flexibility index (Phi) is 6.32. The first-order chi connectivity index (χ1) is 16.2. The second-order valence-electron chi connectivity index (χ2n) is 7.38. The number of hydrogen-bond donors (Lipinski definition) is 2. The predicted octanol–water partition coefficient (Wildman–Crippen LogP) is 4.25. The summed E-state index contributed by atoms with van der Waals surface area (Å²) >= 11 is 6.09. The Morgan fingerprint density at radius 2 is 1.71 bits per heavy atom. The molecule has 0 aliphatic rings. The van der Waals surface area contributed by atoms with Crippen molar-refractivity contribution < 1.29 is 17.9 Å². The van der Waals surface area contributed by atoms with Gasteiger partial charge in [0.15, 0.2) is 0 Å². The van der Waals surface area contributed by atoms with Crippen LogP contribution in [0.4, 0.5) is 11.4 Å². The maximum Gasteiger partial charge on any atom is 0.265 e. The number of amides is 1. The van der Waals surface area contributed by atoms with Gasteiger partial charge >= 0.3 is 0 Å². The van der Waals surface area contributed by atoms with E-state index in [1.165, 1.54) is 42.0 Å². The lowest BCUT2D eigenvalue weighted by Crippen LogP contribution is -2.22. The molecule has 0 aliphatic heterocycles. The minimum Gasteiger partial charge on any atom is -0.495 e. The van der Waals surface area contributed by atoms with Crippen LogP contribution >= 0.6 is 11.6 Å². The molecular weight excluding hydrogens is 478 g/mol. The molecule has 1 heterocycles. The molecule has 4 rings (SSSR count). The zero-order valence-electron chi connectivity index (χ0n) is 18.2. The van der Waals surface area contributed by atoms with Crippen LogP contribution in [0.3, 0.4) is 0 Å². The Bertz CT molecular complexity index is 1580. The number of pyridine rings is 1. The van der Waals surface area contributed by atoms with Gasteiger partial charge in [-0.15, -0.1) is 0 Å². The van der Waals surface area contributed by atoms with Gasteiger partial charge in [-0.3, -0.25) is 14.3 Å². The third kappa shape index (κ3) is 4.48. The van der Waals surface area contributed by atoms with Crippen LogP contribution in [0.25, 0.3) is 10.9 Å². The molecular formula is C24H20ClN3O5S. The fourth-order valence-electron chi connectivity index (χ4n) is 3.51. The molecule has 0 radical (unpaired) electrons. The van der Waals surface area contributed by atoms with Gasteiger partial charge in [0.25, 0.3) is 21.5 Å². The Labute approximate surface area is 200 Å². The van der Waals surface area contributed by atoms with Gasteiger partial charge in [-0.1, -0.05) is 41.9 Å². The first-order valence-corrected chi connectivity index (χ1v) is 11.9. The van der Waals surface area contributed by atoms with E-state index in [9.17, 15) is 18.0 Å². The number of nitrogens with one attached hydrogen (secondary N) is 2. The molecule has 1 amide bonds. The van der Waals surface area contributed by atoms with E-state index in [0.717, 1.165) is 0 Å². The zero-order chi connectivity index (χ0) is 24.5. The number of nitrogens with zero attached hydrogens (tertiary/aromatic N) is 1. The van der Waals surface area contributed by atoms with Crippen LogP contribution in [0.1, 0.15) is 10.4 Å². The van der Waals surface area contributed by atoms with Gasteiger partial charge in [0.2, 0.25) is 0 Å². The van der Waals surface area contributed by atoms with E-state index in [-0.39, 0.29) is 38.2 Å². The number of anilines is 2. The van der Waals surface area contributed by atoms with Crippen LogP contribution in [0.15, 0.2) is 82.5 Å². The average molecular weight is 498 g/mol. The molecule has 4 aromatic rings. The van der Waals surface area contributed by atoms with E-state index in [0.29, 0.717) is 10.9 Å². The second kappa shape index (κ2) is 9.20.